The predicted octanol–water partition coefficient (Wildman–Crippen LogP) is 1.76. The minimum atomic E-state index is -0.828. The molecule has 1 aromatic heterocycles. The number of rotatable bonds is 4. The van der Waals surface area contributed by atoms with Crippen molar-refractivity contribution in [1.82, 2.24) is 4.90 Å². The Balaban J connectivity index is 1.96. The summed E-state index contributed by atoms with van der Waals surface area (Å²) < 4.78 is 0. The van der Waals surface area contributed by atoms with Crippen molar-refractivity contribution < 1.29 is 14.7 Å². The zero-order valence-electron chi connectivity index (χ0n) is 9.46. The summed E-state index contributed by atoms with van der Waals surface area (Å²) in [5.41, 5.74) is 1.01. The second-order valence-corrected chi connectivity index (χ2v) is 5.07. The van der Waals surface area contributed by atoms with E-state index in [9.17, 15) is 9.59 Å². The number of hydrogen-bond acceptors (Lipinski definition) is 3. The van der Waals surface area contributed by atoms with Gasteiger partial charge in [0.05, 0.1) is 12.8 Å². The number of carbonyl (C=O) groups excluding carboxylic acids is 1. The van der Waals surface area contributed by atoms with Crippen LogP contribution in [0, 0.1) is 0 Å². The zero-order chi connectivity index (χ0) is 12.3. The highest BCUT2D eigenvalue weighted by atomic mass is 32.1. The largest absolute Gasteiger partial charge is 0.481 e. The number of nitrogens with zero attached hydrogens (tertiary/aromatic N) is 1. The monoisotopic (exact) mass is 253 g/mol. The van der Waals surface area contributed by atoms with Crippen molar-refractivity contribution in [3.63, 3.8) is 0 Å². The molecule has 0 saturated carbocycles. The molecule has 1 aliphatic heterocycles. The maximum Gasteiger partial charge on any atom is 0.305 e. The van der Waals surface area contributed by atoms with Gasteiger partial charge in [-0.3, -0.25) is 9.59 Å². The van der Waals surface area contributed by atoms with Crippen LogP contribution < -0.4 is 0 Å². The van der Waals surface area contributed by atoms with E-state index in [0.29, 0.717) is 13.0 Å². The average Bonchev–Trinajstić information content (AvgIpc) is 2.87. The zero-order valence-corrected chi connectivity index (χ0v) is 10.3. The van der Waals surface area contributed by atoms with Gasteiger partial charge < -0.3 is 10.0 Å². The molecular formula is C12H15NO3S. The minimum absolute atomic E-state index is 0.0483. The quantitative estimate of drug-likeness (QED) is 0.889. The van der Waals surface area contributed by atoms with E-state index in [1.807, 2.05) is 16.8 Å². The number of carboxylic acids is 1. The lowest BCUT2D eigenvalue weighted by Gasteiger charge is -2.23. The van der Waals surface area contributed by atoms with Gasteiger partial charge in [0.25, 0.3) is 0 Å². The van der Waals surface area contributed by atoms with E-state index in [4.69, 9.17) is 5.11 Å². The second-order valence-electron chi connectivity index (χ2n) is 4.29. The molecule has 1 aliphatic rings. The van der Waals surface area contributed by atoms with Crippen LogP contribution in [0.1, 0.15) is 24.8 Å². The Labute approximate surface area is 104 Å². The van der Waals surface area contributed by atoms with E-state index in [2.05, 4.69) is 0 Å². The van der Waals surface area contributed by atoms with Crippen LogP contribution in [0.3, 0.4) is 0 Å². The Morgan fingerprint density at radius 2 is 2.35 bits per heavy atom. The van der Waals surface area contributed by atoms with Crippen molar-refractivity contribution in [1.29, 1.82) is 0 Å². The van der Waals surface area contributed by atoms with Crippen LogP contribution in [0.25, 0.3) is 0 Å². The molecule has 2 rings (SSSR count). The van der Waals surface area contributed by atoms with Gasteiger partial charge in [-0.2, -0.15) is 11.3 Å². The van der Waals surface area contributed by atoms with E-state index >= 15 is 0 Å². The third-order valence-corrected chi connectivity index (χ3v) is 3.78. The lowest BCUT2D eigenvalue weighted by Crippen LogP contribution is -2.37. The Hall–Kier alpha value is -1.36. The highest BCUT2D eigenvalue weighted by molar-refractivity contribution is 7.07. The summed E-state index contributed by atoms with van der Waals surface area (Å²) >= 11 is 1.57. The first-order chi connectivity index (χ1) is 8.16. The summed E-state index contributed by atoms with van der Waals surface area (Å²) in [6, 6.07) is 1.82. The maximum absolute atomic E-state index is 12.0. The molecule has 0 bridgehead atoms. The molecule has 1 saturated heterocycles. The molecule has 0 spiro atoms. The van der Waals surface area contributed by atoms with Crippen LogP contribution in [0.2, 0.25) is 0 Å². The van der Waals surface area contributed by atoms with Crippen LogP contribution in [0.4, 0.5) is 0 Å². The van der Waals surface area contributed by atoms with Crippen LogP contribution >= 0.6 is 11.3 Å². The molecule has 92 valence electrons. The SMILES string of the molecule is O=C(O)CC1CCCN1C(=O)Cc1ccsc1. The molecular weight excluding hydrogens is 238 g/mol. The van der Waals surface area contributed by atoms with E-state index in [1.165, 1.54) is 0 Å². The Kier molecular flexibility index (Phi) is 3.78. The van der Waals surface area contributed by atoms with Crippen molar-refractivity contribution in [3.8, 4) is 0 Å². The van der Waals surface area contributed by atoms with Gasteiger partial charge in [0.1, 0.15) is 0 Å². The fraction of sp³-hybridized carbons (Fsp3) is 0.500. The van der Waals surface area contributed by atoms with Crippen molar-refractivity contribution >= 4 is 23.2 Å². The van der Waals surface area contributed by atoms with Gasteiger partial charge in [-0.1, -0.05) is 0 Å². The molecule has 1 aromatic rings. The third-order valence-electron chi connectivity index (χ3n) is 3.04. The van der Waals surface area contributed by atoms with Gasteiger partial charge in [-0.15, -0.1) is 0 Å². The smallest absolute Gasteiger partial charge is 0.305 e. The fourth-order valence-corrected chi connectivity index (χ4v) is 2.92. The van der Waals surface area contributed by atoms with Crippen LogP contribution in [0.15, 0.2) is 16.8 Å². The van der Waals surface area contributed by atoms with E-state index < -0.39 is 5.97 Å². The lowest BCUT2D eigenvalue weighted by atomic mass is 10.1. The van der Waals surface area contributed by atoms with Gasteiger partial charge in [0.2, 0.25) is 5.91 Å². The predicted molar refractivity (Wildman–Crippen MR) is 65.0 cm³/mol. The summed E-state index contributed by atoms with van der Waals surface area (Å²) in [4.78, 5) is 24.5. The van der Waals surface area contributed by atoms with E-state index in [0.717, 1.165) is 18.4 Å². The molecule has 1 atom stereocenters. The molecule has 1 unspecified atom stereocenters. The number of amides is 1. The molecule has 4 nitrogen and oxygen atoms in total. The maximum atomic E-state index is 12.0. The van der Waals surface area contributed by atoms with Gasteiger partial charge in [0.15, 0.2) is 0 Å². The van der Waals surface area contributed by atoms with Crippen LogP contribution in [-0.2, 0) is 16.0 Å². The van der Waals surface area contributed by atoms with Crippen molar-refractivity contribution in [2.75, 3.05) is 6.54 Å². The van der Waals surface area contributed by atoms with Gasteiger partial charge in [-0.25, -0.2) is 0 Å². The number of carbonyl (C=O) groups is 2. The minimum Gasteiger partial charge on any atom is -0.481 e. The molecule has 1 N–H and O–H groups in total. The molecule has 0 aromatic carbocycles. The normalized spacial score (nSPS) is 19.5. The van der Waals surface area contributed by atoms with Crippen molar-refractivity contribution in [3.05, 3.63) is 22.4 Å². The van der Waals surface area contributed by atoms with Gasteiger partial charge in [-0.05, 0) is 35.2 Å². The summed E-state index contributed by atoms with van der Waals surface area (Å²) in [6.07, 6.45) is 2.17. The summed E-state index contributed by atoms with van der Waals surface area (Å²) in [5, 5.41) is 12.7. The van der Waals surface area contributed by atoms with Crippen LogP contribution in [-0.4, -0.2) is 34.5 Å². The first kappa shape index (κ1) is 12.1. The lowest BCUT2D eigenvalue weighted by molar-refractivity contribution is -0.139. The number of carboxylic acid groups (broad SMARTS) is 1. The van der Waals surface area contributed by atoms with Crippen molar-refractivity contribution in [2.24, 2.45) is 0 Å². The standard InChI is InChI=1S/C12H15NO3S/c14-11(6-9-3-5-17-8-9)13-4-1-2-10(13)7-12(15)16/h3,5,8,10H,1-2,4,6-7H2,(H,15,16). The second kappa shape index (κ2) is 5.31. The average molecular weight is 253 g/mol. The Morgan fingerprint density at radius 1 is 1.53 bits per heavy atom. The highest BCUT2D eigenvalue weighted by Crippen LogP contribution is 2.21. The van der Waals surface area contributed by atoms with E-state index in [-0.39, 0.29) is 18.4 Å². The molecule has 1 amide bonds. The molecule has 5 heteroatoms. The molecule has 1 fully saturated rings. The third kappa shape index (κ3) is 3.06. The number of thiophene rings is 1. The Morgan fingerprint density at radius 3 is 3.00 bits per heavy atom. The van der Waals surface area contributed by atoms with Gasteiger partial charge in [0, 0.05) is 12.6 Å². The van der Waals surface area contributed by atoms with Gasteiger partial charge >= 0.3 is 5.97 Å². The van der Waals surface area contributed by atoms with Crippen LogP contribution in [0.5, 0.6) is 0 Å². The first-order valence-corrected chi connectivity index (χ1v) is 6.63. The summed E-state index contributed by atoms with van der Waals surface area (Å²) in [7, 11) is 0. The molecule has 17 heavy (non-hydrogen) atoms. The van der Waals surface area contributed by atoms with Crippen molar-refractivity contribution in [2.45, 2.75) is 31.7 Å². The fourth-order valence-electron chi connectivity index (χ4n) is 2.25. The first-order valence-electron chi connectivity index (χ1n) is 5.69. The van der Waals surface area contributed by atoms with E-state index in [1.54, 1.807) is 16.2 Å². The number of hydrogen-bond donors (Lipinski definition) is 1. The molecule has 0 radical (unpaired) electrons. The molecule has 0 aliphatic carbocycles. The topological polar surface area (TPSA) is 57.6 Å². The number of likely N-dealkylation sites (tertiary alicyclic amines) is 1. The Bertz CT molecular complexity index is 402. The summed E-state index contributed by atoms with van der Waals surface area (Å²) in [5.74, 6) is -0.780. The molecule has 2 heterocycles. The number of aliphatic carboxylic acids is 1. The highest BCUT2D eigenvalue weighted by Gasteiger charge is 2.30. The summed E-state index contributed by atoms with van der Waals surface area (Å²) in [6.45, 7) is 0.695.